The van der Waals surface area contributed by atoms with Gasteiger partial charge in [0.15, 0.2) is 6.29 Å². The topological polar surface area (TPSA) is 149 Å². The summed E-state index contributed by atoms with van der Waals surface area (Å²) in [6.07, 6.45) is 54.9. The van der Waals surface area contributed by atoms with E-state index in [1.165, 1.54) is 193 Å². The van der Waals surface area contributed by atoms with Crippen LogP contribution in [0.5, 0.6) is 0 Å². The molecule has 0 aromatic heterocycles. The summed E-state index contributed by atoms with van der Waals surface area (Å²) in [5, 5.41) is 54.5. The van der Waals surface area contributed by atoms with Gasteiger partial charge in [0.2, 0.25) is 5.91 Å². The number of carbonyl (C=O) groups is 1. The number of hydrogen-bond acceptors (Lipinski definition) is 8. The third-order valence-electron chi connectivity index (χ3n) is 13.7. The quantitative estimate of drug-likeness (QED) is 0.0261. The Bertz CT molecular complexity index is 1150. The zero-order chi connectivity index (χ0) is 48.7. The lowest BCUT2D eigenvalue weighted by Gasteiger charge is -2.40. The Morgan fingerprint density at radius 3 is 1.30 bits per heavy atom. The fraction of sp³-hybridized carbons (Fsp3) is 0.879. The van der Waals surface area contributed by atoms with Gasteiger partial charge in [0.05, 0.1) is 25.4 Å². The molecule has 1 amide bonds. The van der Waals surface area contributed by atoms with Crippen LogP contribution in [0.4, 0.5) is 0 Å². The Balaban J connectivity index is 2.23. The third-order valence-corrected chi connectivity index (χ3v) is 13.7. The Hall–Kier alpha value is -1.59. The number of amides is 1. The van der Waals surface area contributed by atoms with E-state index < -0.39 is 49.5 Å². The van der Waals surface area contributed by atoms with E-state index in [-0.39, 0.29) is 12.5 Å². The summed E-state index contributed by atoms with van der Waals surface area (Å²) < 4.78 is 11.3. The van der Waals surface area contributed by atoms with E-state index in [2.05, 4.69) is 43.5 Å². The highest BCUT2D eigenvalue weighted by atomic mass is 16.7. The van der Waals surface area contributed by atoms with E-state index in [0.717, 1.165) is 57.8 Å². The minimum Gasteiger partial charge on any atom is -0.394 e. The van der Waals surface area contributed by atoms with Crippen LogP contribution in [0.25, 0.3) is 0 Å². The maximum atomic E-state index is 13.0. The van der Waals surface area contributed by atoms with Crippen LogP contribution in [0.15, 0.2) is 36.5 Å². The van der Waals surface area contributed by atoms with Gasteiger partial charge < -0.3 is 40.3 Å². The molecule has 1 aliphatic heterocycles. The number of nitrogens with one attached hydrogen (secondary N) is 1. The van der Waals surface area contributed by atoms with Crippen molar-refractivity contribution in [1.82, 2.24) is 5.32 Å². The van der Waals surface area contributed by atoms with Gasteiger partial charge in [0, 0.05) is 6.42 Å². The van der Waals surface area contributed by atoms with Crippen LogP contribution in [-0.4, -0.2) is 87.5 Å². The fourth-order valence-electron chi connectivity index (χ4n) is 9.13. The number of rotatable bonds is 49. The van der Waals surface area contributed by atoms with Crippen molar-refractivity contribution in [2.24, 2.45) is 0 Å². The highest BCUT2D eigenvalue weighted by Crippen LogP contribution is 2.23. The van der Waals surface area contributed by atoms with Crippen molar-refractivity contribution in [3.63, 3.8) is 0 Å². The van der Waals surface area contributed by atoms with Crippen LogP contribution in [0.1, 0.15) is 271 Å². The fourth-order valence-corrected chi connectivity index (χ4v) is 9.13. The predicted molar refractivity (Wildman–Crippen MR) is 281 cm³/mol. The third kappa shape index (κ3) is 37.9. The maximum Gasteiger partial charge on any atom is 0.220 e. The minimum atomic E-state index is -1.57. The summed E-state index contributed by atoms with van der Waals surface area (Å²) in [5.74, 6) is -0.182. The zero-order valence-corrected chi connectivity index (χ0v) is 43.7. The Kier molecular flexibility index (Phi) is 45.5. The van der Waals surface area contributed by atoms with Crippen LogP contribution in [-0.2, 0) is 14.3 Å². The van der Waals surface area contributed by atoms with Crippen LogP contribution in [0.3, 0.4) is 0 Å². The number of carbonyl (C=O) groups excluding carboxylic acids is 1. The molecule has 0 aromatic rings. The second kappa shape index (κ2) is 48.1. The summed E-state index contributed by atoms with van der Waals surface area (Å²) in [7, 11) is 0. The molecule has 9 nitrogen and oxygen atoms in total. The molecular weight excluding hydrogens is 839 g/mol. The Labute approximate surface area is 412 Å². The Morgan fingerprint density at radius 1 is 0.507 bits per heavy atom. The molecular formula is C58H109NO8. The molecule has 1 aliphatic rings. The summed E-state index contributed by atoms with van der Waals surface area (Å²) in [6.45, 7) is 3.78. The number of unbranched alkanes of at least 4 members (excludes halogenated alkanes) is 35. The molecule has 0 radical (unpaired) electrons. The summed E-state index contributed by atoms with van der Waals surface area (Å²) in [4.78, 5) is 13.0. The number of aliphatic hydroxyl groups is 5. The van der Waals surface area contributed by atoms with Gasteiger partial charge >= 0.3 is 0 Å². The van der Waals surface area contributed by atoms with Gasteiger partial charge in [-0.15, -0.1) is 0 Å². The highest BCUT2D eigenvalue weighted by molar-refractivity contribution is 5.76. The van der Waals surface area contributed by atoms with Gasteiger partial charge in [-0.25, -0.2) is 0 Å². The van der Waals surface area contributed by atoms with Gasteiger partial charge in [-0.1, -0.05) is 249 Å². The first-order chi connectivity index (χ1) is 32.8. The van der Waals surface area contributed by atoms with Crippen LogP contribution >= 0.6 is 0 Å². The molecule has 1 fully saturated rings. The van der Waals surface area contributed by atoms with Crippen LogP contribution < -0.4 is 5.32 Å². The second-order valence-corrected chi connectivity index (χ2v) is 20.1. The molecule has 0 saturated carbocycles. The van der Waals surface area contributed by atoms with Crippen LogP contribution in [0, 0.1) is 0 Å². The molecule has 6 N–H and O–H groups in total. The molecule has 7 unspecified atom stereocenters. The lowest BCUT2D eigenvalue weighted by Crippen LogP contribution is -2.60. The number of ether oxygens (including phenoxy) is 2. The van der Waals surface area contributed by atoms with Crippen molar-refractivity contribution in [3.05, 3.63) is 36.5 Å². The first-order valence-electron chi connectivity index (χ1n) is 28.7. The largest absolute Gasteiger partial charge is 0.394 e. The standard InChI is InChI=1S/C58H109NO8/c1-3-5-7-9-11-13-15-17-19-21-23-24-25-26-27-28-29-30-31-33-35-37-39-41-43-45-47-52(61)51(50-66-58-57(65)56(64)55(63)53(49-60)67-58)59-54(62)48-46-44-42-40-38-36-34-32-22-20-18-16-14-12-10-8-6-4-2/h14,16,20,22,45,47,51-53,55-58,60-61,63-65H,3-13,15,17-19,21,23-44,46,48-50H2,1-2H3,(H,59,62)/b16-14-,22-20-,47-45+. The van der Waals surface area contributed by atoms with E-state index in [4.69, 9.17) is 9.47 Å². The average Bonchev–Trinajstić information content (AvgIpc) is 3.33. The lowest BCUT2D eigenvalue weighted by molar-refractivity contribution is -0.302. The van der Waals surface area contributed by atoms with Crippen molar-refractivity contribution in [2.45, 2.75) is 314 Å². The van der Waals surface area contributed by atoms with E-state index in [1.54, 1.807) is 6.08 Å². The first kappa shape index (κ1) is 63.4. The van der Waals surface area contributed by atoms with E-state index in [0.29, 0.717) is 6.42 Å². The number of allylic oxidation sites excluding steroid dienone is 5. The van der Waals surface area contributed by atoms with Gasteiger partial charge in [-0.3, -0.25) is 4.79 Å². The SMILES string of the molecule is CCCCCC/C=C\C/C=C\CCCCCCCCCC(=O)NC(COC1OC(CO)C(O)C(O)C1O)C(O)/C=C/CCCCCCCCCCCCCCCCCCCCCCCCCC. The van der Waals surface area contributed by atoms with E-state index in [1.807, 2.05) is 6.08 Å². The predicted octanol–water partition coefficient (Wildman–Crippen LogP) is 14.0. The van der Waals surface area contributed by atoms with Gasteiger partial charge in [-0.05, 0) is 51.4 Å². The van der Waals surface area contributed by atoms with Gasteiger partial charge in [-0.2, -0.15) is 0 Å². The molecule has 0 spiro atoms. The monoisotopic (exact) mass is 948 g/mol. The van der Waals surface area contributed by atoms with E-state index >= 15 is 0 Å². The number of aliphatic hydroxyl groups excluding tert-OH is 5. The molecule has 0 aromatic carbocycles. The van der Waals surface area contributed by atoms with Gasteiger partial charge in [0.1, 0.15) is 24.4 Å². The molecule has 394 valence electrons. The lowest BCUT2D eigenvalue weighted by atomic mass is 9.99. The second-order valence-electron chi connectivity index (χ2n) is 20.1. The molecule has 1 heterocycles. The molecule has 1 saturated heterocycles. The number of hydrogen-bond donors (Lipinski definition) is 6. The molecule has 7 atom stereocenters. The summed E-state index contributed by atoms with van der Waals surface area (Å²) >= 11 is 0. The Morgan fingerprint density at radius 2 is 0.881 bits per heavy atom. The van der Waals surface area contributed by atoms with Gasteiger partial charge in [0.25, 0.3) is 0 Å². The van der Waals surface area contributed by atoms with Crippen molar-refractivity contribution in [3.8, 4) is 0 Å². The maximum absolute atomic E-state index is 13.0. The smallest absolute Gasteiger partial charge is 0.220 e. The average molecular weight is 949 g/mol. The molecule has 1 rings (SSSR count). The molecule has 67 heavy (non-hydrogen) atoms. The summed E-state index contributed by atoms with van der Waals surface area (Å²) in [6, 6.07) is -0.809. The minimum absolute atomic E-state index is 0.182. The zero-order valence-electron chi connectivity index (χ0n) is 43.7. The van der Waals surface area contributed by atoms with Crippen molar-refractivity contribution in [2.75, 3.05) is 13.2 Å². The van der Waals surface area contributed by atoms with Crippen molar-refractivity contribution < 1.29 is 39.8 Å². The normalized spacial score (nSPS) is 19.9. The molecule has 9 heteroatoms. The molecule has 0 aliphatic carbocycles. The molecule has 0 bridgehead atoms. The van der Waals surface area contributed by atoms with E-state index in [9.17, 15) is 30.3 Å². The van der Waals surface area contributed by atoms with Crippen molar-refractivity contribution >= 4 is 5.91 Å². The summed E-state index contributed by atoms with van der Waals surface area (Å²) in [5.41, 5.74) is 0. The van der Waals surface area contributed by atoms with Crippen LogP contribution in [0.2, 0.25) is 0 Å². The highest BCUT2D eigenvalue weighted by Gasteiger charge is 2.44. The van der Waals surface area contributed by atoms with Crippen molar-refractivity contribution in [1.29, 1.82) is 0 Å². The first-order valence-corrected chi connectivity index (χ1v) is 28.7.